The van der Waals surface area contributed by atoms with E-state index in [0.717, 1.165) is 6.07 Å². The first-order chi connectivity index (χ1) is 10.8. The van der Waals surface area contributed by atoms with Gasteiger partial charge in [-0.05, 0) is 51.2 Å². The summed E-state index contributed by atoms with van der Waals surface area (Å²) >= 11 is 0. The van der Waals surface area contributed by atoms with Crippen molar-refractivity contribution >= 4 is 6.09 Å². The van der Waals surface area contributed by atoms with Crippen LogP contribution in [0.5, 0.6) is 0 Å². The number of amides is 1. The summed E-state index contributed by atoms with van der Waals surface area (Å²) < 4.78 is 32.5. The van der Waals surface area contributed by atoms with E-state index in [4.69, 9.17) is 4.74 Å². The molecule has 0 saturated carbocycles. The van der Waals surface area contributed by atoms with Crippen LogP contribution in [0.15, 0.2) is 18.2 Å². The monoisotopic (exact) mass is 326 g/mol. The van der Waals surface area contributed by atoms with E-state index in [1.807, 2.05) is 0 Å². The van der Waals surface area contributed by atoms with Crippen LogP contribution in [0.2, 0.25) is 0 Å². The van der Waals surface area contributed by atoms with Gasteiger partial charge in [-0.1, -0.05) is 12.1 Å². The van der Waals surface area contributed by atoms with E-state index in [0.29, 0.717) is 31.5 Å². The minimum Gasteiger partial charge on any atom is -0.444 e. The van der Waals surface area contributed by atoms with Gasteiger partial charge in [-0.15, -0.1) is 0 Å². The quantitative estimate of drug-likeness (QED) is 0.876. The summed E-state index contributed by atoms with van der Waals surface area (Å²) in [5.41, 5.74) is -0.162. The molecule has 0 aromatic heterocycles. The molecule has 0 aliphatic carbocycles. The van der Waals surface area contributed by atoms with Crippen molar-refractivity contribution in [3.8, 4) is 0 Å². The molecule has 1 amide bonds. The molecule has 2 rings (SSSR count). The molecule has 2 atom stereocenters. The third kappa shape index (κ3) is 5.16. The average molecular weight is 326 g/mol. The van der Waals surface area contributed by atoms with Crippen molar-refractivity contribution in [2.24, 2.45) is 0 Å². The number of alkyl carbamates (subject to hydrolysis) is 1. The van der Waals surface area contributed by atoms with Gasteiger partial charge in [0, 0.05) is 19.1 Å². The molecular weight excluding hydrogens is 302 g/mol. The Morgan fingerprint density at radius 2 is 2.00 bits per heavy atom. The van der Waals surface area contributed by atoms with E-state index in [-0.39, 0.29) is 12.0 Å². The van der Waals surface area contributed by atoms with Crippen molar-refractivity contribution in [1.82, 2.24) is 10.6 Å². The van der Waals surface area contributed by atoms with Crippen LogP contribution < -0.4 is 10.6 Å². The van der Waals surface area contributed by atoms with Gasteiger partial charge in [-0.2, -0.15) is 0 Å². The molecule has 128 valence electrons. The first kappa shape index (κ1) is 17.7. The van der Waals surface area contributed by atoms with Crippen LogP contribution in [0, 0.1) is 11.6 Å². The van der Waals surface area contributed by atoms with Crippen LogP contribution in [-0.4, -0.2) is 30.8 Å². The Bertz CT molecular complexity index is 558. The third-order valence-electron chi connectivity index (χ3n) is 3.79. The number of hydrogen-bond acceptors (Lipinski definition) is 3. The number of benzene rings is 1. The molecule has 1 aromatic rings. The highest BCUT2D eigenvalue weighted by Crippen LogP contribution is 2.27. The molecule has 6 heteroatoms. The Kier molecular flexibility index (Phi) is 5.57. The number of hydrogen-bond donors (Lipinski definition) is 2. The van der Waals surface area contributed by atoms with E-state index < -0.39 is 23.3 Å². The number of ether oxygens (including phenoxy) is 1. The zero-order valence-corrected chi connectivity index (χ0v) is 13.8. The molecule has 1 fully saturated rings. The van der Waals surface area contributed by atoms with Crippen molar-refractivity contribution in [2.45, 2.75) is 51.2 Å². The minimum atomic E-state index is -0.824. The van der Waals surface area contributed by atoms with Crippen LogP contribution in [0.4, 0.5) is 13.6 Å². The van der Waals surface area contributed by atoms with E-state index in [1.165, 1.54) is 6.07 Å². The van der Waals surface area contributed by atoms with Crippen LogP contribution in [0.25, 0.3) is 0 Å². The fourth-order valence-electron chi connectivity index (χ4n) is 2.74. The van der Waals surface area contributed by atoms with Gasteiger partial charge in [-0.3, -0.25) is 0 Å². The smallest absolute Gasteiger partial charge is 0.407 e. The number of carbonyl (C=O) groups is 1. The molecule has 1 heterocycles. The summed E-state index contributed by atoms with van der Waals surface area (Å²) in [6.45, 7) is 6.54. The Labute approximate surface area is 135 Å². The van der Waals surface area contributed by atoms with Gasteiger partial charge in [0.25, 0.3) is 0 Å². The SMILES string of the molecule is CC(C)(C)OC(=O)N[C@@H]1CC[C@@H](c2cccc(F)c2F)CNC1. The van der Waals surface area contributed by atoms with E-state index >= 15 is 0 Å². The molecule has 1 aromatic carbocycles. The summed E-state index contributed by atoms with van der Waals surface area (Å²) in [4.78, 5) is 11.8. The Morgan fingerprint density at radius 1 is 1.26 bits per heavy atom. The lowest BCUT2D eigenvalue weighted by Crippen LogP contribution is -2.43. The Hall–Kier alpha value is -1.69. The van der Waals surface area contributed by atoms with Crippen LogP contribution in [0.1, 0.15) is 45.1 Å². The van der Waals surface area contributed by atoms with E-state index in [9.17, 15) is 13.6 Å². The topological polar surface area (TPSA) is 50.4 Å². The molecule has 4 nitrogen and oxygen atoms in total. The standard InChI is InChI=1S/C17H24F2N2O2/c1-17(2,3)23-16(22)21-12-8-7-11(9-20-10-12)13-5-4-6-14(18)15(13)19/h4-6,11-12,20H,7-10H2,1-3H3,(H,21,22)/t11-,12-/m1/s1. The summed E-state index contributed by atoms with van der Waals surface area (Å²) in [5, 5.41) is 6.02. The largest absolute Gasteiger partial charge is 0.444 e. The second-order valence-corrected chi connectivity index (χ2v) is 6.92. The van der Waals surface area contributed by atoms with Crippen LogP contribution in [0.3, 0.4) is 0 Å². The highest BCUT2D eigenvalue weighted by molar-refractivity contribution is 5.68. The molecule has 1 saturated heterocycles. The zero-order chi connectivity index (χ0) is 17.0. The van der Waals surface area contributed by atoms with E-state index in [2.05, 4.69) is 10.6 Å². The number of nitrogens with one attached hydrogen (secondary N) is 2. The molecule has 1 aliphatic rings. The van der Waals surface area contributed by atoms with Gasteiger partial charge in [0.1, 0.15) is 5.60 Å². The Balaban J connectivity index is 1.95. The van der Waals surface area contributed by atoms with Gasteiger partial charge >= 0.3 is 6.09 Å². The van der Waals surface area contributed by atoms with Gasteiger partial charge in [0.05, 0.1) is 0 Å². The summed E-state index contributed by atoms with van der Waals surface area (Å²) in [6.07, 6.45) is 0.875. The molecular formula is C17H24F2N2O2. The Morgan fingerprint density at radius 3 is 2.70 bits per heavy atom. The van der Waals surface area contributed by atoms with Crippen LogP contribution >= 0.6 is 0 Å². The molecule has 0 unspecified atom stereocenters. The van der Waals surface area contributed by atoms with Crippen molar-refractivity contribution in [2.75, 3.05) is 13.1 Å². The lowest BCUT2D eigenvalue weighted by molar-refractivity contribution is 0.0502. The lowest BCUT2D eigenvalue weighted by Gasteiger charge is -2.23. The fourth-order valence-corrected chi connectivity index (χ4v) is 2.74. The van der Waals surface area contributed by atoms with Crippen molar-refractivity contribution in [3.05, 3.63) is 35.4 Å². The van der Waals surface area contributed by atoms with Gasteiger partial charge in [-0.25, -0.2) is 13.6 Å². The highest BCUT2D eigenvalue weighted by Gasteiger charge is 2.25. The second-order valence-electron chi connectivity index (χ2n) is 6.92. The van der Waals surface area contributed by atoms with Gasteiger partial charge in [0.15, 0.2) is 11.6 Å². The molecule has 0 radical (unpaired) electrons. The maximum Gasteiger partial charge on any atom is 0.407 e. The second kappa shape index (κ2) is 7.25. The molecule has 0 bridgehead atoms. The average Bonchev–Trinajstić information content (AvgIpc) is 2.65. The normalized spacial score (nSPS) is 22.3. The zero-order valence-electron chi connectivity index (χ0n) is 13.8. The third-order valence-corrected chi connectivity index (χ3v) is 3.79. The maximum absolute atomic E-state index is 13.9. The summed E-state index contributed by atoms with van der Waals surface area (Å²) in [5.74, 6) is -1.72. The van der Waals surface area contributed by atoms with Crippen molar-refractivity contribution in [1.29, 1.82) is 0 Å². The molecule has 0 spiro atoms. The maximum atomic E-state index is 13.9. The van der Waals surface area contributed by atoms with Crippen molar-refractivity contribution < 1.29 is 18.3 Å². The van der Waals surface area contributed by atoms with E-state index in [1.54, 1.807) is 26.8 Å². The number of carbonyl (C=O) groups excluding carboxylic acids is 1. The van der Waals surface area contributed by atoms with Gasteiger partial charge in [0.2, 0.25) is 0 Å². The van der Waals surface area contributed by atoms with Crippen molar-refractivity contribution in [3.63, 3.8) is 0 Å². The number of halogens is 2. The summed E-state index contributed by atoms with van der Waals surface area (Å²) in [6, 6.07) is 4.17. The summed E-state index contributed by atoms with van der Waals surface area (Å²) in [7, 11) is 0. The fraction of sp³-hybridized carbons (Fsp3) is 0.588. The highest BCUT2D eigenvalue weighted by atomic mass is 19.2. The number of rotatable bonds is 2. The van der Waals surface area contributed by atoms with Gasteiger partial charge < -0.3 is 15.4 Å². The molecule has 1 aliphatic heterocycles. The predicted octanol–water partition coefficient (Wildman–Crippen LogP) is 3.33. The molecule has 23 heavy (non-hydrogen) atoms. The lowest BCUT2D eigenvalue weighted by atomic mass is 9.93. The first-order valence-electron chi connectivity index (χ1n) is 7.90. The minimum absolute atomic E-state index is 0.0912. The first-order valence-corrected chi connectivity index (χ1v) is 7.90. The van der Waals surface area contributed by atoms with Crippen LogP contribution in [-0.2, 0) is 4.74 Å². The molecule has 2 N–H and O–H groups in total. The predicted molar refractivity (Wildman–Crippen MR) is 84.4 cm³/mol.